The van der Waals surface area contributed by atoms with Crippen LogP contribution < -0.4 is 19.7 Å². The highest BCUT2D eigenvalue weighted by Crippen LogP contribution is 2.31. The summed E-state index contributed by atoms with van der Waals surface area (Å²) in [7, 11) is -3.36. The van der Waals surface area contributed by atoms with Crippen LogP contribution in [0, 0.1) is 0 Å². The first-order valence-corrected chi connectivity index (χ1v) is 11.5. The highest BCUT2D eigenvalue weighted by atomic mass is 32.2. The third kappa shape index (κ3) is 5.73. The maximum Gasteiger partial charge on any atom is 0.232 e. The number of anilines is 3. The Morgan fingerprint density at radius 3 is 2.47 bits per heavy atom. The zero-order valence-corrected chi connectivity index (χ0v) is 17.6. The molecule has 2 N–H and O–H groups in total. The van der Waals surface area contributed by atoms with E-state index >= 15 is 0 Å². The number of nitrogens with zero attached hydrogens (tertiary/aromatic N) is 1. The summed E-state index contributed by atoms with van der Waals surface area (Å²) in [5.41, 5.74) is 1.68. The van der Waals surface area contributed by atoms with Gasteiger partial charge in [0.25, 0.3) is 0 Å². The average Bonchev–Trinajstić information content (AvgIpc) is 2.72. The summed E-state index contributed by atoms with van der Waals surface area (Å²) in [6.45, 7) is 2.66. The van der Waals surface area contributed by atoms with Crippen molar-refractivity contribution in [2.45, 2.75) is 26.2 Å². The summed E-state index contributed by atoms with van der Waals surface area (Å²) in [5, 5.41) is 2.72. The SMILES string of the molecule is CCCS(=O)(=O)Nc1ccc(NC(=O)CCC(=O)N2CCOc3ccccc32)cc1. The zero-order valence-electron chi connectivity index (χ0n) is 16.8. The van der Waals surface area contributed by atoms with Gasteiger partial charge in [0.1, 0.15) is 12.4 Å². The molecular weight excluding hydrogens is 406 g/mol. The Morgan fingerprint density at radius 2 is 1.73 bits per heavy atom. The smallest absolute Gasteiger partial charge is 0.232 e. The summed E-state index contributed by atoms with van der Waals surface area (Å²) < 4.78 is 31.6. The van der Waals surface area contributed by atoms with Crippen LogP contribution in [0.2, 0.25) is 0 Å². The Bertz CT molecular complexity index is 1010. The van der Waals surface area contributed by atoms with Crippen molar-refractivity contribution < 1.29 is 22.7 Å². The summed E-state index contributed by atoms with van der Waals surface area (Å²) in [6, 6.07) is 13.7. The van der Waals surface area contributed by atoms with Crippen LogP contribution in [0.15, 0.2) is 48.5 Å². The molecule has 2 amide bonds. The maximum atomic E-state index is 12.6. The molecule has 1 heterocycles. The molecule has 0 saturated carbocycles. The number of hydrogen-bond acceptors (Lipinski definition) is 5. The molecule has 0 aromatic heterocycles. The number of sulfonamides is 1. The first kappa shape index (κ1) is 21.6. The third-order valence-corrected chi connectivity index (χ3v) is 6.00. The zero-order chi connectivity index (χ0) is 21.6. The second-order valence-electron chi connectivity index (χ2n) is 6.91. The van der Waals surface area contributed by atoms with Crippen LogP contribution in [-0.4, -0.2) is 39.1 Å². The van der Waals surface area contributed by atoms with Gasteiger partial charge in [-0.2, -0.15) is 0 Å². The van der Waals surface area contributed by atoms with E-state index in [-0.39, 0.29) is 30.4 Å². The van der Waals surface area contributed by atoms with Crippen molar-refractivity contribution in [1.29, 1.82) is 0 Å². The van der Waals surface area contributed by atoms with Crippen LogP contribution in [0.5, 0.6) is 5.75 Å². The van der Waals surface area contributed by atoms with Gasteiger partial charge in [0.2, 0.25) is 21.8 Å². The molecule has 0 fully saturated rings. The van der Waals surface area contributed by atoms with Gasteiger partial charge in [0.05, 0.1) is 18.0 Å². The number of amides is 2. The summed E-state index contributed by atoms with van der Waals surface area (Å²) >= 11 is 0. The van der Waals surface area contributed by atoms with E-state index in [1.54, 1.807) is 36.1 Å². The number of hydrogen-bond donors (Lipinski definition) is 2. The average molecular weight is 432 g/mol. The standard InChI is InChI=1S/C21H25N3O5S/c1-2-15-30(27,28)23-17-9-7-16(8-10-17)22-20(25)11-12-21(26)24-13-14-29-19-6-4-3-5-18(19)24/h3-10,23H,2,11-15H2,1H3,(H,22,25). The largest absolute Gasteiger partial charge is 0.490 e. The normalized spacial score (nSPS) is 13.2. The van der Waals surface area contributed by atoms with Crippen molar-refractivity contribution in [1.82, 2.24) is 0 Å². The van der Waals surface area contributed by atoms with Crippen molar-refractivity contribution in [2.75, 3.05) is 33.8 Å². The number of rotatable bonds is 8. The molecule has 2 aromatic carbocycles. The van der Waals surface area contributed by atoms with Gasteiger partial charge in [0, 0.05) is 24.2 Å². The molecule has 1 aliphatic heterocycles. The number of carbonyl (C=O) groups is 2. The first-order chi connectivity index (χ1) is 14.4. The van der Waals surface area contributed by atoms with Crippen LogP contribution in [-0.2, 0) is 19.6 Å². The fourth-order valence-corrected chi connectivity index (χ4v) is 4.26. The molecule has 0 saturated heterocycles. The van der Waals surface area contributed by atoms with Gasteiger partial charge in [-0.3, -0.25) is 14.3 Å². The molecule has 0 spiro atoms. The van der Waals surface area contributed by atoms with Crippen LogP contribution in [0.25, 0.3) is 0 Å². The molecule has 0 aliphatic carbocycles. The first-order valence-electron chi connectivity index (χ1n) is 9.80. The van der Waals surface area contributed by atoms with E-state index in [1.165, 1.54) is 0 Å². The van der Waals surface area contributed by atoms with Crippen molar-refractivity contribution in [2.24, 2.45) is 0 Å². The Hall–Kier alpha value is -3.07. The number of benzene rings is 2. The highest BCUT2D eigenvalue weighted by molar-refractivity contribution is 7.92. The minimum atomic E-state index is -3.36. The highest BCUT2D eigenvalue weighted by Gasteiger charge is 2.23. The number of fused-ring (bicyclic) bond motifs is 1. The van der Waals surface area contributed by atoms with Gasteiger partial charge >= 0.3 is 0 Å². The second-order valence-corrected chi connectivity index (χ2v) is 8.75. The van der Waals surface area contributed by atoms with E-state index in [4.69, 9.17) is 4.74 Å². The predicted molar refractivity (Wildman–Crippen MR) is 116 cm³/mol. The summed E-state index contributed by atoms with van der Waals surface area (Å²) in [6.07, 6.45) is 0.649. The lowest BCUT2D eigenvalue weighted by Gasteiger charge is -2.29. The molecule has 8 nitrogen and oxygen atoms in total. The van der Waals surface area contributed by atoms with Crippen LogP contribution >= 0.6 is 0 Å². The van der Waals surface area contributed by atoms with E-state index in [2.05, 4.69) is 10.0 Å². The van der Waals surface area contributed by atoms with Gasteiger partial charge in [-0.15, -0.1) is 0 Å². The molecule has 160 valence electrons. The number of para-hydroxylation sites is 2. The Morgan fingerprint density at radius 1 is 1.03 bits per heavy atom. The summed E-state index contributed by atoms with van der Waals surface area (Å²) in [5.74, 6) is 0.287. The Kier molecular flexibility index (Phi) is 6.94. The maximum absolute atomic E-state index is 12.6. The minimum absolute atomic E-state index is 0.0449. The van der Waals surface area contributed by atoms with Crippen LogP contribution in [0.4, 0.5) is 17.1 Å². The van der Waals surface area contributed by atoms with E-state index in [0.29, 0.717) is 36.7 Å². The quantitative estimate of drug-likeness (QED) is 0.669. The fraction of sp³-hybridized carbons (Fsp3) is 0.333. The van der Waals surface area contributed by atoms with E-state index < -0.39 is 10.0 Å². The van der Waals surface area contributed by atoms with Crippen LogP contribution in [0.1, 0.15) is 26.2 Å². The molecule has 9 heteroatoms. The molecule has 0 radical (unpaired) electrons. The van der Waals surface area contributed by atoms with E-state index in [0.717, 1.165) is 5.69 Å². The predicted octanol–water partition coefficient (Wildman–Crippen LogP) is 2.98. The molecular formula is C21H25N3O5S. The minimum Gasteiger partial charge on any atom is -0.490 e. The van der Waals surface area contributed by atoms with Crippen molar-refractivity contribution in [3.63, 3.8) is 0 Å². The topological polar surface area (TPSA) is 105 Å². The van der Waals surface area contributed by atoms with Gasteiger partial charge in [0.15, 0.2) is 0 Å². The monoisotopic (exact) mass is 431 g/mol. The molecule has 2 aromatic rings. The van der Waals surface area contributed by atoms with Crippen molar-refractivity contribution in [3.05, 3.63) is 48.5 Å². The van der Waals surface area contributed by atoms with Crippen molar-refractivity contribution in [3.8, 4) is 5.75 Å². The lowest BCUT2D eigenvalue weighted by molar-refractivity contribution is -0.122. The van der Waals surface area contributed by atoms with E-state index in [1.807, 2.05) is 24.3 Å². The Balaban J connectivity index is 1.51. The summed E-state index contributed by atoms with van der Waals surface area (Å²) in [4.78, 5) is 26.4. The molecule has 3 rings (SSSR count). The lowest BCUT2D eigenvalue weighted by Crippen LogP contribution is -2.38. The number of ether oxygens (including phenoxy) is 1. The van der Waals surface area contributed by atoms with E-state index in [9.17, 15) is 18.0 Å². The molecule has 0 atom stereocenters. The Labute approximate surface area is 176 Å². The van der Waals surface area contributed by atoms with Gasteiger partial charge < -0.3 is 15.0 Å². The molecule has 0 bridgehead atoms. The number of carbonyl (C=O) groups excluding carboxylic acids is 2. The number of nitrogens with one attached hydrogen (secondary N) is 2. The molecule has 1 aliphatic rings. The molecule has 30 heavy (non-hydrogen) atoms. The lowest BCUT2D eigenvalue weighted by atomic mass is 10.2. The second kappa shape index (κ2) is 9.62. The fourth-order valence-electron chi connectivity index (χ4n) is 3.13. The van der Waals surface area contributed by atoms with Crippen molar-refractivity contribution >= 4 is 38.9 Å². The van der Waals surface area contributed by atoms with Gasteiger partial charge in [-0.25, -0.2) is 8.42 Å². The molecule has 0 unspecified atom stereocenters. The van der Waals surface area contributed by atoms with Gasteiger partial charge in [-0.1, -0.05) is 19.1 Å². The van der Waals surface area contributed by atoms with Crippen LogP contribution in [0.3, 0.4) is 0 Å². The van der Waals surface area contributed by atoms with Gasteiger partial charge in [-0.05, 0) is 42.8 Å². The third-order valence-electron chi connectivity index (χ3n) is 4.51.